The summed E-state index contributed by atoms with van der Waals surface area (Å²) in [5.74, 6) is 0.733. The quantitative estimate of drug-likeness (QED) is 0.343. The van der Waals surface area contributed by atoms with Crippen LogP contribution in [0, 0.1) is 6.92 Å². The number of Topliss-reactive ketones (excluding diaryl/α,β-unsaturated/α-hetero) is 2. The third-order valence-electron chi connectivity index (χ3n) is 1.85. The Bertz CT molecular complexity index is 254. The Kier molecular flexibility index (Phi) is 19.5. The number of nitrogens with two attached hydrogens (primary N) is 1. The van der Waals surface area contributed by atoms with Gasteiger partial charge in [-0.15, -0.1) is 0 Å². The van der Waals surface area contributed by atoms with E-state index in [0.717, 1.165) is 0 Å². The van der Waals surface area contributed by atoms with E-state index in [1.165, 1.54) is 21.6 Å². The standard InChI is InChI=1S/C8H12N2O2S2.K.H2N.Y.H/c1-5(11)7-4-14-13-3-6(9)8(12)2-10-7;;;;/h6-7,9-10H,1-4H2;;1H2;;/q-2;+1;-1;;-1/t6-,7-;;;;/m0..../s1. The molecule has 93 valence electrons. The molecule has 0 aromatic heterocycles. The zero-order valence-corrected chi connectivity index (χ0v) is 17.4. The van der Waals surface area contributed by atoms with E-state index in [9.17, 15) is 9.59 Å². The molecule has 0 aromatic carbocycles. The van der Waals surface area contributed by atoms with Crippen LogP contribution in [0.4, 0.5) is 0 Å². The first kappa shape index (κ1) is 24.5. The van der Waals surface area contributed by atoms with E-state index < -0.39 is 6.04 Å². The maximum atomic E-state index is 11.3. The molecule has 0 unspecified atom stereocenters. The molecule has 0 aromatic rings. The molecule has 0 spiro atoms. The summed E-state index contributed by atoms with van der Waals surface area (Å²) < 4.78 is 0. The van der Waals surface area contributed by atoms with E-state index in [0.29, 0.717) is 11.5 Å². The zero-order chi connectivity index (χ0) is 10.6. The molecule has 4 N–H and O–H groups in total. The van der Waals surface area contributed by atoms with Crippen molar-refractivity contribution in [3.8, 4) is 0 Å². The predicted molar refractivity (Wildman–Crippen MR) is 66.6 cm³/mol. The zero-order valence-electron chi connectivity index (χ0n) is 10.8. The number of hydrogen-bond acceptors (Lipinski definition) is 5. The summed E-state index contributed by atoms with van der Waals surface area (Å²) in [7, 11) is 2.97. The minimum Gasteiger partial charge on any atom is -1.00 e. The molecular weight excluding hydrogens is 362 g/mol. The number of carbonyl (C=O) groups is 2. The number of rotatable bonds is 1. The monoisotopic (exact) mass is 377 g/mol. The Labute approximate surface area is 179 Å². The van der Waals surface area contributed by atoms with Crippen molar-refractivity contribution < 1.29 is 95.1 Å². The molecule has 1 rings (SSSR count). The summed E-state index contributed by atoms with van der Waals surface area (Å²) in [6, 6.07) is -1.04. The first-order valence-electron chi connectivity index (χ1n) is 4.18. The van der Waals surface area contributed by atoms with Gasteiger partial charge in [0, 0.05) is 50.3 Å². The molecule has 0 aliphatic carbocycles. The van der Waals surface area contributed by atoms with Gasteiger partial charge in [0.05, 0.1) is 6.54 Å². The molecule has 0 bridgehead atoms. The Hall–Kier alpha value is 2.53. The molecule has 1 radical (unpaired) electrons. The van der Waals surface area contributed by atoms with Crippen LogP contribution in [0.5, 0.6) is 0 Å². The van der Waals surface area contributed by atoms with Crippen molar-refractivity contribution in [1.82, 2.24) is 5.32 Å². The normalized spacial score (nSPS) is 24.9. The van der Waals surface area contributed by atoms with Gasteiger partial charge in [0.25, 0.3) is 0 Å². The maximum Gasteiger partial charge on any atom is 1.00 e. The second-order valence-corrected chi connectivity index (χ2v) is 5.54. The third kappa shape index (κ3) is 9.97. The molecule has 2 atom stereocenters. The van der Waals surface area contributed by atoms with Crippen LogP contribution in [-0.4, -0.2) is 41.7 Å². The summed E-state index contributed by atoms with van der Waals surface area (Å²) in [6.45, 7) is 3.43. The fourth-order valence-electron chi connectivity index (χ4n) is 0.938. The van der Waals surface area contributed by atoms with E-state index in [-0.39, 0.29) is 116 Å². The van der Waals surface area contributed by atoms with Crippen LogP contribution < -0.4 is 56.7 Å². The molecular formula is C8H15KN3O2S2Y-3. The van der Waals surface area contributed by atoms with Crippen molar-refractivity contribution in [1.29, 1.82) is 0 Å². The minimum absolute atomic E-state index is 0. The van der Waals surface area contributed by atoms with Gasteiger partial charge in [0.1, 0.15) is 5.78 Å². The van der Waals surface area contributed by atoms with Crippen molar-refractivity contribution in [2.24, 2.45) is 0 Å². The van der Waals surface area contributed by atoms with Crippen LogP contribution in [-0.2, 0) is 42.3 Å². The molecule has 9 heteroatoms. The van der Waals surface area contributed by atoms with E-state index in [2.05, 4.69) is 12.2 Å². The number of carbonyl (C=O) groups excluding carboxylic acids is 2. The van der Waals surface area contributed by atoms with Gasteiger partial charge in [-0.2, -0.15) is 0 Å². The van der Waals surface area contributed by atoms with Gasteiger partial charge in [-0.1, -0.05) is 27.6 Å². The van der Waals surface area contributed by atoms with Crippen LogP contribution in [0.3, 0.4) is 0 Å². The Balaban J connectivity index is -0.000000245. The molecule has 1 saturated heterocycles. The van der Waals surface area contributed by atoms with Gasteiger partial charge in [0.15, 0.2) is 0 Å². The second-order valence-electron chi connectivity index (χ2n) is 2.99. The summed E-state index contributed by atoms with van der Waals surface area (Å²) >= 11 is 0. The first-order valence-corrected chi connectivity index (χ1v) is 6.67. The SMILES string of the molecule is [CH2-]C(=O)[C@@H]1CSSC[C@H]([NH-])C(=O)CN1.[H-].[K+].[NH2-].[Y]. The molecule has 17 heavy (non-hydrogen) atoms. The van der Waals surface area contributed by atoms with Gasteiger partial charge in [-0.25, -0.2) is 0 Å². The third-order valence-corrected chi connectivity index (χ3v) is 4.27. The van der Waals surface area contributed by atoms with Crippen LogP contribution in [0.2, 0.25) is 0 Å². The largest absolute Gasteiger partial charge is 1.00 e. The van der Waals surface area contributed by atoms with Gasteiger partial charge < -0.3 is 30.3 Å². The molecule has 0 saturated carbocycles. The topological polar surface area (TPSA) is 103 Å². The number of nitrogens with one attached hydrogen (secondary N) is 2. The number of hydrogen-bond donors (Lipinski definition) is 1. The first-order chi connectivity index (χ1) is 6.61. The van der Waals surface area contributed by atoms with E-state index in [1.54, 1.807) is 0 Å². The van der Waals surface area contributed by atoms with Crippen molar-refractivity contribution in [2.75, 3.05) is 18.1 Å². The van der Waals surface area contributed by atoms with E-state index in [1.807, 2.05) is 0 Å². The summed E-state index contributed by atoms with van der Waals surface area (Å²) in [5.41, 5.74) is 7.46. The second kappa shape index (κ2) is 13.5. The van der Waals surface area contributed by atoms with Gasteiger partial charge >= 0.3 is 51.4 Å². The fourth-order valence-corrected chi connectivity index (χ4v) is 3.29. The smallest absolute Gasteiger partial charge is 1.00 e. The van der Waals surface area contributed by atoms with Crippen LogP contribution in [0.25, 0.3) is 11.9 Å². The van der Waals surface area contributed by atoms with Gasteiger partial charge in [-0.05, 0) is 5.75 Å². The molecule has 5 nitrogen and oxygen atoms in total. The minimum atomic E-state index is -0.682. The average molecular weight is 377 g/mol. The van der Waals surface area contributed by atoms with E-state index >= 15 is 0 Å². The Morgan fingerprint density at radius 2 is 2.00 bits per heavy atom. The summed E-state index contributed by atoms with van der Waals surface area (Å²) in [6.07, 6.45) is 0. The molecule has 0 amide bonds. The Morgan fingerprint density at radius 1 is 1.47 bits per heavy atom. The molecule has 1 aliphatic heterocycles. The van der Waals surface area contributed by atoms with Crippen molar-refractivity contribution >= 4 is 33.2 Å². The average Bonchev–Trinajstić information content (AvgIpc) is 2.20. The van der Waals surface area contributed by atoms with Crippen LogP contribution >= 0.6 is 21.6 Å². The maximum absolute atomic E-state index is 11.3. The van der Waals surface area contributed by atoms with Gasteiger partial charge in [-0.3, -0.25) is 4.79 Å². The molecule has 1 aliphatic rings. The number of ketones is 2. The van der Waals surface area contributed by atoms with E-state index in [4.69, 9.17) is 5.73 Å². The Morgan fingerprint density at radius 3 is 2.53 bits per heavy atom. The van der Waals surface area contributed by atoms with Crippen LogP contribution in [0.1, 0.15) is 1.43 Å². The van der Waals surface area contributed by atoms with Gasteiger partial charge in [0.2, 0.25) is 0 Å². The fraction of sp³-hybridized carbons (Fsp3) is 0.625. The summed E-state index contributed by atoms with van der Waals surface area (Å²) in [4.78, 5) is 22.3. The molecule has 1 heterocycles. The molecule has 1 fully saturated rings. The summed E-state index contributed by atoms with van der Waals surface area (Å²) in [5, 5.41) is 2.83. The van der Waals surface area contributed by atoms with Crippen molar-refractivity contribution in [3.05, 3.63) is 18.8 Å². The predicted octanol–water partition coefficient (Wildman–Crippen LogP) is -1.44. The van der Waals surface area contributed by atoms with Crippen molar-refractivity contribution in [2.45, 2.75) is 12.1 Å². The van der Waals surface area contributed by atoms with Crippen LogP contribution in [0.15, 0.2) is 0 Å². The van der Waals surface area contributed by atoms with Crippen molar-refractivity contribution in [3.63, 3.8) is 0 Å².